The van der Waals surface area contributed by atoms with Crippen molar-refractivity contribution in [1.29, 1.82) is 0 Å². The Hall–Kier alpha value is -1.43. The van der Waals surface area contributed by atoms with E-state index < -0.39 is 5.41 Å². The van der Waals surface area contributed by atoms with Crippen molar-refractivity contribution in [2.24, 2.45) is 0 Å². The highest BCUT2D eigenvalue weighted by Crippen LogP contribution is 2.49. The molecule has 3 aliphatic rings. The summed E-state index contributed by atoms with van der Waals surface area (Å²) in [5.74, 6) is 1.06. The van der Waals surface area contributed by atoms with Crippen LogP contribution in [0.1, 0.15) is 49.7 Å². The number of rotatable bonds is 3. The molecule has 0 N–H and O–H groups in total. The fourth-order valence-electron chi connectivity index (χ4n) is 3.32. The lowest BCUT2D eigenvalue weighted by molar-refractivity contribution is -0.144. The first-order valence-electron chi connectivity index (χ1n) is 6.81. The van der Waals surface area contributed by atoms with Gasteiger partial charge in [0.05, 0.1) is 25.2 Å². The second-order valence-electron chi connectivity index (χ2n) is 5.75. The first-order chi connectivity index (χ1) is 9.23. The smallest absolute Gasteiger partial charge is 0.321 e. The molecule has 102 valence electrons. The van der Waals surface area contributed by atoms with E-state index in [2.05, 4.69) is 10.1 Å². The molecular formula is C13H16N2O4. The van der Waals surface area contributed by atoms with E-state index in [9.17, 15) is 4.79 Å². The highest BCUT2D eigenvalue weighted by atomic mass is 16.5. The number of hydrogen-bond acceptors (Lipinski definition) is 6. The number of ether oxygens (including phenoxy) is 2. The molecule has 4 rings (SSSR count). The van der Waals surface area contributed by atoms with Gasteiger partial charge in [-0.05, 0) is 32.1 Å². The van der Waals surface area contributed by atoms with Crippen LogP contribution in [0, 0.1) is 0 Å². The van der Waals surface area contributed by atoms with Gasteiger partial charge in [0.15, 0.2) is 5.82 Å². The lowest BCUT2D eigenvalue weighted by Crippen LogP contribution is -2.22. The van der Waals surface area contributed by atoms with E-state index in [1.165, 1.54) is 7.11 Å². The molecule has 0 aromatic carbocycles. The molecule has 1 saturated carbocycles. The van der Waals surface area contributed by atoms with E-state index in [-0.39, 0.29) is 18.0 Å². The van der Waals surface area contributed by atoms with E-state index >= 15 is 0 Å². The summed E-state index contributed by atoms with van der Waals surface area (Å²) < 4.78 is 15.9. The molecule has 3 atom stereocenters. The number of carbonyl (C=O) groups excluding carboxylic acids is 1. The number of esters is 1. The summed E-state index contributed by atoms with van der Waals surface area (Å²) in [5.41, 5.74) is -0.668. The lowest BCUT2D eigenvalue weighted by Gasteiger charge is -2.13. The van der Waals surface area contributed by atoms with E-state index in [4.69, 9.17) is 14.0 Å². The molecule has 0 amide bonds. The second kappa shape index (κ2) is 3.79. The van der Waals surface area contributed by atoms with Gasteiger partial charge in [-0.1, -0.05) is 5.16 Å². The number of hydrogen-bond donors (Lipinski definition) is 0. The Morgan fingerprint density at radius 3 is 2.84 bits per heavy atom. The molecule has 19 heavy (non-hydrogen) atoms. The van der Waals surface area contributed by atoms with E-state index in [0.29, 0.717) is 17.8 Å². The number of aromatic nitrogens is 2. The van der Waals surface area contributed by atoms with Crippen LogP contribution in [0.15, 0.2) is 4.52 Å². The first-order valence-corrected chi connectivity index (χ1v) is 6.81. The normalized spacial score (nSPS) is 34.5. The topological polar surface area (TPSA) is 74.5 Å². The van der Waals surface area contributed by atoms with Gasteiger partial charge in [0, 0.05) is 0 Å². The minimum atomic E-state index is -0.668. The molecule has 3 unspecified atom stereocenters. The SMILES string of the molecule is COC(=O)C1(c2nc(C3CC4CCC3O4)no2)CC1. The molecule has 2 bridgehead atoms. The van der Waals surface area contributed by atoms with Gasteiger partial charge in [-0.2, -0.15) is 4.98 Å². The van der Waals surface area contributed by atoms with Gasteiger partial charge in [-0.3, -0.25) is 4.79 Å². The van der Waals surface area contributed by atoms with Crippen molar-refractivity contribution in [3.05, 3.63) is 11.7 Å². The molecule has 2 aliphatic heterocycles. The van der Waals surface area contributed by atoms with Crippen LogP contribution in [-0.4, -0.2) is 35.4 Å². The minimum Gasteiger partial charge on any atom is -0.468 e. The number of methoxy groups -OCH3 is 1. The maximum Gasteiger partial charge on any atom is 0.321 e. The second-order valence-corrected chi connectivity index (χ2v) is 5.75. The number of fused-ring (bicyclic) bond motifs is 2. The van der Waals surface area contributed by atoms with Gasteiger partial charge < -0.3 is 14.0 Å². The van der Waals surface area contributed by atoms with Gasteiger partial charge in [0.2, 0.25) is 5.89 Å². The van der Waals surface area contributed by atoms with Gasteiger partial charge in [-0.25, -0.2) is 0 Å². The molecule has 2 saturated heterocycles. The highest BCUT2D eigenvalue weighted by Gasteiger charge is 2.58. The van der Waals surface area contributed by atoms with Crippen LogP contribution in [0.5, 0.6) is 0 Å². The summed E-state index contributed by atoms with van der Waals surface area (Å²) in [6.07, 6.45) is 5.22. The van der Waals surface area contributed by atoms with Crippen LogP contribution in [0.25, 0.3) is 0 Å². The van der Waals surface area contributed by atoms with E-state index in [0.717, 1.165) is 32.1 Å². The molecule has 6 heteroatoms. The van der Waals surface area contributed by atoms with Gasteiger partial charge in [0.25, 0.3) is 0 Å². The summed E-state index contributed by atoms with van der Waals surface area (Å²) in [6.45, 7) is 0. The van der Waals surface area contributed by atoms with Crippen LogP contribution in [-0.2, 0) is 19.7 Å². The molecule has 0 radical (unpaired) electrons. The average molecular weight is 264 g/mol. The number of carbonyl (C=O) groups is 1. The van der Waals surface area contributed by atoms with Crippen LogP contribution in [0.2, 0.25) is 0 Å². The minimum absolute atomic E-state index is 0.226. The average Bonchev–Trinajstić information content (AvgIpc) is 2.87. The third-order valence-electron chi connectivity index (χ3n) is 4.61. The third-order valence-corrected chi connectivity index (χ3v) is 4.61. The maximum atomic E-state index is 11.8. The Bertz CT molecular complexity index is 522. The molecule has 1 aliphatic carbocycles. The monoisotopic (exact) mass is 264 g/mol. The summed E-state index contributed by atoms with van der Waals surface area (Å²) in [5, 5.41) is 4.07. The molecule has 0 spiro atoms. The lowest BCUT2D eigenvalue weighted by atomic mass is 9.89. The zero-order valence-electron chi connectivity index (χ0n) is 10.8. The summed E-state index contributed by atoms with van der Waals surface area (Å²) in [7, 11) is 1.39. The van der Waals surface area contributed by atoms with Crippen molar-refractivity contribution in [3.8, 4) is 0 Å². The maximum absolute atomic E-state index is 11.8. The zero-order valence-corrected chi connectivity index (χ0v) is 10.8. The molecule has 6 nitrogen and oxygen atoms in total. The zero-order chi connectivity index (χ0) is 13.0. The largest absolute Gasteiger partial charge is 0.468 e. The fourth-order valence-corrected chi connectivity index (χ4v) is 3.32. The van der Waals surface area contributed by atoms with Crippen LogP contribution < -0.4 is 0 Å². The Kier molecular flexibility index (Phi) is 2.27. The van der Waals surface area contributed by atoms with E-state index in [1.54, 1.807) is 0 Å². The summed E-state index contributed by atoms with van der Waals surface area (Å²) in [6, 6.07) is 0. The Morgan fingerprint density at radius 1 is 1.42 bits per heavy atom. The van der Waals surface area contributed by atoms with Crippen molar-refractivity contribution < 1.29 is 18.8 Å². The summed E-state index contributed by atoms with van der Waals surface area (Å²) >= 11 is 0. The standard InChI is InChI=1S/C13H16N2O4/c1-17-12(16)13(4-5-13)11-14-10(15-19-11)8-6-7-2-3-9(8)18-7/h7-9H,2-6H2,1H3. The van der Waals surface area contributed by atoms with Crippen molar-refractivity contribution in [2.75, 3.05) is 7.11 Å². The first kappa shape index (κ1) is 11.4. The molecule has 1 aromatic heterocycles. The van der Waals surface area contributed by atoms with Gasteiger partial charge >= 0.3 is 5.97 Å². The molecular weight excluding hydrogens is 248 g/mol. The Morgan fingerprint density at radius 2 is 2.26 bits per heavy atom. The Balaban J connectivity index is 1.59. The predicted octanol–water partition coefficient (Wildman–Crippen LogP) is 1.31. The molecule has 3 heterocycles. The van der Waals surface area contributed by atoms with Gasteiger partial charge in [0.1, 0.15) is 5.41 Å². The quantitative estimate of drug-likeness (QED) is 0.766. The Labute approximate surface area is 110 Å². The molecule has 3 fully saturated rings. The van der Waals surface area contributed by atoms with Gasteiger partial charge in [-0.15, -0.1) is 0 Å². The molecule has 1 aromatic rings. The third kappa shape index (κ3) is 1.55. The number of nitrogens with zero attached hydrogens (tertiary/aromatic N) is 2. The van der Waals surface area contributed by atoms with E-state index in [1.807, 2.05) is 0 Å². The van der Waals surface area contributed by atoms with Crippen LogP contribution in [0.3, 0.4) is 0 Å². The van der Waals surface area contributed by atoms with Crippen molar-refractivity contribution in [3.63, 3.8) is 0 Å². The van der Waals surface area contributed by atoms with Crippen molar-refractivity contribution in [2.45, 2.75) is 55.6 Å². The van der Waals surface area contributed by atoms with Crippen LogP contribution in [0.4, 0.5) is 0 Å². The fraction of sp³-hybridized carbons (Fsp3) is 0.769. The highest BCUT2D eigenvalue weighted by molar-refractivity contribution is 5.85. The predicted molar refractivity (Wildman–Crippen MR) is 62.5 cm³/mol. The summed E-state index contributed by atoms with van der Waals surface area (Å²) in [4.78, 5) is 16.2. The van der Waals surface area contributed by atoms with Crippen molar-refractivity contribution >= 4 is 5.97 Å². The van der Waals surface area contributed by atoms with Crippen molar-refractivity contribution in [1.82, 2.24) is 10.1 Å². The van der Waals surface area contributed by atoms with Crippen LogP contribution >= 0.6 is 0 Å².